The quantitative estimate of drug-likeness (QED) is 0.488. The van der Waals surface area contributed by atoms with Crippen molar-refractivity contribution in [2.45, 2.75) is 0 Å². The molecule has 4 rings (SSSR count). The van der Waals surface area contributed by atoms with Crippen LogP contribution in [0.15, 0.2) is 40.6 Å². The summed E-state index contributed by atoms with van der Waals surface area (Å²) in [4.78, 5) is 31.8. The number of amides is 2. The molecule has 1 aliphatic heterocycles. The van der Waals surface area contributed by atoms with Gasteiger partial charge < -0.3 is 5.32 Å². The second kappa shape index (κ2) is 7.47. The molecule has 0 spiro atoms. The van der Waals surface area contributed by atoms with Gasteiger partial charge in [0.25, 0.3) is 5.91 Å². The summed E-state index contributed by atoms with van der Waals surface area (Å²) >= 11 is 9.09. The van der Waals surface area contributed by atoms with Gasteiger partial charge in [0.05, 0.1) is 15.1 Å². The number of aromatic nitrogens is 1. The number of thiazole rings is 1. The zero-order chi connectivity index (χ0) is 19.0. The topological polar surface area (TPSA) is 62.3 Å². The number of hydrogen-bond donors (Lipinski definition) is 1. The summed E-state index contributed by atoms with van der Waals surface area (Å²) in [6.45, 7) is -0.198. The number of thiocarbonyl (C=S) groups is 1. The minimum Gasteiger partial charge on any atom is -0.300 e. The second-order valence-electron chi connectivity index (χ2n) is 5.46. The average molecular weight is 436 g/mol. The summed E-state index contributed by atoms with van der Waals surface area (Å²) in [7, 11) is 0. The Labute approximate surface area is 170 Å². The third-order valence-corrected chi connectivity index (χ3v) is 6.72. The van der Waals surface area contributed by atoms with Crippen LogP contribution in [0.5, 0.6) is 0 Å². The fourth-order valence-corrected chi connectivity index (χ4v) is 5.28. The lowest BCUT2D eigenvalue weighted by molar-refractivity contribution is -0.126. The minimum absolute atomic E-state index is 0.198. The summed E-state index contributed by atoms with van der Waals surface area (Å²) in [6, 6.07) is 8.02. The van der Waals surface area contributed by atoms with Crippen molar-refractivity contribution in [2.75, 3.05) is 11.9 Å². The van der Waals surface area contributed by atoms with Crippen LogP contribution in [0.4, 0.5) is 9.52 Å². The zero-order valence-electron chi connectivity index (χ0n) is 13.5. The first-order chi connectivity index (χ1) is 13.0. The Morgan fingerprint density at radius 3 is 3.00 bits per heavy atom. The number of carbonyl (C=O) groups is 2. The second-order valence-corrected chi connectivity index (χ2v) is 9.15. The van der Waals surface area contributed by atoms with Crippen LogP contribution in [-0.4, -0.2) is 32.6 Å². The smallest absolute Gasteiger partial charge is 0.266 e. The molecule has 2 aromatic heterocycles. The van der Waals surface area contributed by atoms with Crippen LogP contribution in [0.1, 0.15) is 4.88 Å². The first kappa shape index (κ1) is 18.2. The number of nitrogens with zero attached hydrogens (tertiary/aromatic N) is 2. The molecule has 0 aliphatic carbocycles. The Hall–Kier alpha value is -2.14. The number of rotatable bonds is 4. The van der Waals surface area contributed by atoms with Crippen LogP contribution in [0, 0.1) is 5.82 Å². The van der Waals surface area contributed by atoms with E-state index in [1.54, 1.807) is 12.1 Å². The van der Waals surface area contributed by atoms with Crippen molar-refractivity contribution in [1.82, 2.24) is 9.88 Å². The highest BCUT2D eigenvalue weighted by atomic mass is 32.2. The van der Waals surface area contributed by atoms with Crippen LogP contribution in [0.25, 0.3) is 16.3 Å². The van der Waals surface area contributed by atoms with Gasteiger partial charge in [0.2, 0.25) is 5.91 Å². The maximum Gasteiger partial charge on any atom is 0.266 e. The fourth-order valence-electron chi connectivity index (χ4n) is 2.39. The molecule has 0 atom stereocenters. The van der Waals surface area contributed by atoms with E-state index in [1.165, 1.54) is 51.5 Å². The van der Waals surface area contributed by atoms with Crippen molar-refractivity contribution >= 4 is 84.2 Å². The van der Waals surface area contributed by atoms with E-state index in [9.17, 15) is 14.0 Å². The van der Waals surface area contributed by atoms with Gasteiger partial charge in [-0.25, -0.2) is 9.37 Å². The molecule has 27 heavy (non-hydrogen) atoms. The van der Waals surface area contributed by atoms with E-state index < -0.39 is 5.91 Å². The molecule has 5 nitrogen and oxygen atoms in total. The molecule has 1 saturated heterocycles. The summed E-state index contributed by atoms with van der Waals surface area (Å²) in [6.07, 6.45) is 1.77. The molecule has 1 N–H and O–H groups in total. The van der Waals surface area contributed by atoms with E-state index in [-0.39, 0.29) is 18.3 Å². The van der Waals surface area contributed by atoms with Gasteiger partial charge in [0, 0.05) is 4.88 Å². The highest BCUT2D eigenvalue weighted by Gasteiger charge is 2.33. The number of halogens is 1. The predicted octanol–water partition coefficient (Wildman–Crippen LogP) is 4.34. The van der Waals surface area contributed by atoms with Gasteiger partial charge in [0.1, 0.15) is 16.7 Å². The van der Waals surface area contributed by atoms with Crippen molar-refractivity contribution in [2.24, 2.45) is 0 Å². The number of anilines is 1. The first-order valence-corrected chi connectivity index (χ1v) is 10.6. The van der Waals surface area contributed by atoms with Crippen LogP contribution < -0.4 is 5.32 Å². The molecule has 3 aromatic rings. The van der Waals surface area contributed by atoms with E-state index >= 15 is 0 Å². The maximum atomic E-state index is 13.3. The SMILES string of the molecule is O=C(CN1C(=O)/C(=C/c2cccs2)SC1=S)Nc1nc2ccc(F)cc2s1. The number of fused-ring (bicyclic) bond motifs is 1. The Balaban J connectivity index is 1.45. The van der Waals surface area contributed by atoms with Crippen molar-refractivity contribution in [1.29, 1.82) is 0 Å². The van der Waals surface area contributed by atoms with Crippen molar-refractivity contribution < 1.29 is 14.0 Å². The Kier molecular flexibility index (Phi) is 5.04. The monoisotopic (exact) mass is 435 g/mol. The fraction of sp³-hybridized carbons (Fsp3) is 0.0588. The normalized spacial score (nSPS) is 15.9. The molecular formula is C17H10FN3O2S4. The van der Waals surface area contributed by atoms with Gasteiger partial charge in [-0.05, 0) is 35.7 Å². The van der Waals surface area contributed by atoms with Crippen molar-refractivity contribution in [3.8, 4) is 0 Å². The summed E-state index contributed by atoms with van der Waals surface area (Å²) in [5.74, 6) is -1.07. The van der Waals surface area contributed by atoms with Crippen LogP contribution in [0.3, 0.4) is 0 Å². The standard InChI is InChI=1S/C17H10FN3O2S4/c18-9-3-4-11-12(6-9)26-16(19-11)20-14(22)8-21-15(23)13(27-17(21)24)7-10-2-1-5-25-10/h1-7H,8H2,(H,19,20,22)/b13-7-. The molecule has 0 radical (unpaired) electrons. The van der Waals surface area contributed by atoms with Crippen LogP contribution >= 0.6 is 46.7 Å². The zero-order valence-corrected chi connectivity index (χ0v) is 16.7. The lowest BCUT2D eigenvalue weighted by Crippen LogP contribution is -2.36. The van der Waals surface area contributed by atoms with Crippen molar-refractivity contribution in [3.63, 3.8) is 0 Å². The molecule has 0 unspecified atom stereocenters. The Morgan fingerprint density at radius 1 is 1.37 bits per heavy atom. The number of thioether (sulfide) groups is 1. The third kappa shape index (κ3) is 3.93. The van der Waals surface area contributed by atoms with Gasteiger partial charge in [-0.15, -0.1) is 11.3 Å². The third-order valence-electron chi connectivity index (χ3n) is 3.59. The van der Waals surface area contributed by atoms with Gasteiger partial charge in [-0.3, -0.25) is 14.5 Å². The van der Waals surface area contributed by atoms with Gasteiger partial charge in [0.15, 0.2) is 5.13 Å². The van der Waals surface area contributed by atoms with Gasteiger partial charge >= 0.3 is 0 Å². The number of thiophene rings is 1. The first-order valence-electron chi connectivity index (χ1n) is 7.64. The van der Waals surface area contributed by atoms with E-state index in [2.05, 4.69) is 10.3 Å². The van der Waals surface area contributed by atoms with Gasteiger partial charge in [-0.2, -0.15) is 0 Å². The number of benzene rings is 1. The highest BCUT2D eigenvalue weighted by Crippen LogP contribution is 2.33. The molecule has 2 amide bonds. The van der Waals surface area contributed by atoms with E-state index in [1.807, 2.05) is 17.5 Å². The molecule has 10 heteroatoms. The molecule has 1 aromatic carbocycles. The Morgan fingerprint density at radius 2 is 2.22 bits per heavy atom. The summed E-state index contributed by atoms with van der Waals surface area (Å²) in [5, 5.41) is 4.91. The number of hydrogen-bond acceptors (Lipinski definition) is 7. The van der Waals surface area contributed by atoms with E-state index in [0.717, 1.165) is 4.88 Å². The predicted molar refractivity (Wildman–Crippen MR) is 112 cm³/mol. The van der Waals surface area contributed by atoms with E-state index in [4.69, 9.17) is 12.2 Å². The number of carbonyl (C=O) groups excluding carboxylic acids is 2. The molecule has 0 saturated carbocycles. The summed E-state index contributed by atoms with van der Waals surface area (Å²) < 4.78 is 14.2. The maximum absolute atomic E-state index is 13.3. The van der Waals surface area contributed by atoms with E-state index in [0.29, 0.717) is 24.6 Å². The lowest BCUT2D eigenvalue weighted by Gasteiger charge is -2.13. The van der Waals surface area contributed by atoms with Crippen molar-refractivity contribution in [3.05, 3.63) is 51.3 Å². The highest BCUT2D eigenvalue weighted by molar-refractivity contribution is 8.26. The van der Waals surface area contributed by atoms with Crippen LogP contribution in [0.2, 0.25) is 0 Å². The van der Waals surface area contributed by atoms with Gasteiger partial charge in [-0.1, -0.05) is 41.4 Å². The minimum atomic E-state index is -0.414. The largest absolute Gasteiger partial charge is 0.300 e. The molecule has 3 heterocycles. The van der Waals surface area contributed by atoms with Crippen LogP contribution in [-0.2, 0) is 9.59 Å². The number of nitrogens with one attached hydrogen (secondary N) is 1. The molecule has 136 valence electrons. The summed E-state index contributed by atoms with van der Waals surface area (Å²) in [5.41, 5.74) is 0.598. The molecule has 1 fully saturated rings. The molecular weight excluding hydrogens is 425 g/mol. The molecule has 1 aliphatic rings. The average Bonchev–Trinajstić information content (AvgIpc) is 3.32. The molecule has 0 bridgehead atoms. The lowest BCUT2D eigenvalue weighted by atomic mass is 10.3. The Bertz CT molecular complexity index is 1090.